The molecule has 2 aliphatic rings. The Labute approximate surface area is 218 Å². The van der Waals surface area contributed by atoms with Gasteiger partial charge in [0.15, 0.2) is 23.9 Å². The summed E-state index contributed by atoms with van der Waals surface area (Å²) < 4.78 is 26.9. The molecule has 0 aromatic heterocycles. The van der Waals surface area contributed by atoms with Crippen molar-refractivity contribution in [3.05, 3.63) is 41.5 Å². The molecule has 0 bridgehead atoms. The average molecular weight is 538 g/mol. The lowest BCUT2D eigenvalue weighted by molar-refractivity contribution is -0.314. The second-order valence-corrected chi connectivity index (χ2v) is 8.72. The number of methoxy groups -OCH3 is 2. The Balaban J connectivity index is 1.82. The Kier molecular flexibility index (Phi) is 10.2. The van der Waals surface area contributed by atoms with Gasteiger partial charge in [-0.25, -0.2) is 4.79 Å². The number of nitriles is 1. The molecule has 1 aromatic rings. The van der Waals surface area contributed by atoms with Gasteiger partial charge in [0.25, 0.3) is 0 Å². The van der Waals surface area contributed by atoms with Crippen LogP contribution in [0.25, 0.3) is 6.08 Å². The predicted molar refractivity (Wildman–Crippen MR) is 127 cm³/mol. The molecule has 0 amide bonds. The first-order chi connectivity index (χ1) is 18.1. The van der Waals surface area contributed by atoms with E-state index in [2.05, 4.69) is 0 Å². The largest absolute Gasteiger partial charge is 0.504 e. The van der Waals surface area contributed by atoms with Gasteiger partial charge in [-0.15, -0.1) is 0 Å². The van der Waals surface area contributed by atoms with E-state index in [-0.39, 0.29) is 23.5 Å². The summed E-state index contributed by atoms with van der Waals surface area (Å²) in [6, 6.07) is 6.13. The molecule has 208 valence electrons. The van der Waals surface area contributed by atoms with Crippen molar-refractivity contribution in [1.82, 2.24) is 0 Å². The van der Waals surface area contributed by atoms with Crippen LogP contribution in [0.1, 0.15) is 12.0 Å². The summed E-state index contributed by atoms with van der Waals surface area (Å²) in [5.41, 5.74) is 0.537. The van der Waals surface area contributed by atoms with E-state index in [9.17, 15) is 40.7 Å². The molecule has 1 saturated heterocycles. The molecule has 13 heteroatoms. The average Bonchev–Trinajstić information content (AvgIpc) is 2.90. The van der Waals surface area contributed by atoms with E-state index in [1.165, 1.54) is 38.5 Å². The van der Waals surface area contributed by atoms with Crippen LogP contribution < -0.4 is 4.74 Å². The van der Waals surface area contributed by atoms with Crippen molar-refractivity contribution in [2.75, 3.05) is 20.8 Å². The number of aliphatic hydroxyl groups excluding tert-OH is 5. The molecule has 9 atom stereocenters. The first-order valence-corrected chi connectivity index (χ1v) is 11.7. The normalized spacial score (nSPS) is 34.7. The standard InChI is InChI=1S/C25H31NO12/c1-34-17-9-12(3-5-14(17)28)4-6-19(30)38-24-22(33)21(32)18(11-27)37-25(24)36-16-10-15(29)23(35-2)20(31)13(16)7-8-26/h3-7,9,15-16,18,20-25,27-29,31-33H,10-11H2,1-2H3/t15-,16+,18+,20-,21+,22-,23-,24+,25+/m0/s1. The number of carbonyl (C=O) groups excluding carboxylic acids is 1. The number of ether oxygens (including phenoxy) is 5. The minimum atomic E-state index is -1.74. The van der Waals surface area contributed by atoms with Crippen LogP contribution in [0.15, 0.2) is 35.9 Å². The van der Waals surface area contributed by atoms with Crippen molar-refractivity contribution >= 4 is 12.0 Å². The minimum absolute atomic E-state index is 0.0562. The maximum Gasteiger partial charge on any atom is 0.331 e. The van der Waals surface area contributed by atoms with Gasteiger partial charge < -0.3 is 54.3 Å². The lowest BCUT2D eigenvalue weighted by Crippen LogP contribution is -2.61. The van der Waals surface area contributed by atoms with Gasteiger partial charge in [0, 0.05) is 31.3 Å². The molecule has 0 unspecified atom stereocenters. The van der Waals surface area contributed by atoms with Gasteiger partial charge in [0.2, 0.25) is 0 Å². The van der Waals surface area contributed by atoms with Gasteiger partial charge >= 0.3 is 5.97 Å². The fraction of sp³-hybridized carbons (Fsp3) is 0.520. The summed E-state index contributed by atoms with van der Waals surface area (Å²) in [7, 11) is 2.65. The molecule has 3 rings (SSSR count). The number of aromatic hydroxyl groups is 1. The molecule has 0 spiro atoms. The van der Waals surface area contributed by atoms with E-state index in [1.807, 2.05) is 0 Å². The summed E-state index contributed by atoms with van der Waals surface area (Å²) in [6.45, 7) is -0.704. The number of rotatable bonds is 8. The van der Waals surface area contributed by atoms with Crippen LogP contribution in [0, 0.1) is 11.3 Å². The highest BCUT2D eigenvalue weighted by molar-refractivity contribution is 5.87. The van der Waals surface area contributed by atoms with Crippen LogP contribution in [0.4, 0.5) is 0 Å². The highest BCUT2D eigenvalue weighted by atomic mass is 16.7. The molecule has 2 fully saturated rings. The molecule has 38 heavy (non-hydrogen) atoms. The zero-order valence-electron chi connectivity index (χ0n) is 20.7. The van der Waals surface area contributed by atoms with E-state index >= 15 is 0 Å². The van der Waals surface area contributed by atoms with Gasteiger partial charge in [0.05, 0.1) is 32.0 Å². The van der Waals surface area contributed by atoms with E-state index in [1.54, 1.807) is 6.07 Å². The third-order valence-corrected chi connectivity index (χ3v) is 6.35. The molecule has 1 saturated carbocycles. The minimum Gasteiger partial charge on any atom is -0.504 e. The Morgan fingerprint density at radius 3 is 2.55 bits per heavy atom. The summed E-state index contributed by atoms with van der Waals surface area (Å²) in [6.07, 6.45) is -9.36. The van der Waals surface area contributed by atoms with Crippen molar-refractivity contribution in [1.29, 1.82) is 5.26 Å². The molecular formula is C25H31NO12. The number of hydrogen-bond acceptors (Lipinski definition) is 13. The van der Waals surface area contributed by atoms with Crippen LogP contribution in [-0.4, -0.2) is 113 Å². The molecule has 13 nitrogen and oxygen atoms in total. The second-order valence-electron chi connectivity index (χ2n) is 8.72. The summed E-state index contributed by atoms with van der Waals surface area (Å²) >= 11 is 0. The summed E-state index contributed by atoms with van der Waals surface area (Å²) in [5, 5.41) is 70.5. The Morgan fingerprint density at radius 2 is 1.92 bits per heavy atom. The molecule has 1 aliphatic heterocycles. The maximum atomic E-state index is 12.6. The van der Waals surface area contributed by atoms with Gasteiger partial charge in [0.1, 0.15) is 30.5 Å². The predicted octanol–water partition coefficient (Wildman–Crippen LogP) is -1.26. The van der Waals surface area contributed by atoms with Crippen molar-refractivity contribution in [2.24, 2.45) is 0 Å². The van der Waals surface area contributed by atoms with Crippen LogP contribution in [0.3, 0.4) is 0 Å². The van der Waals surface area contributed by atoms with E-state index in [0.29, 0.717) is 5.56 Å². The number of benzene rings is 1. The van der Waals surface area contributed by atoms with Gasteiger partial charge in [-0.3, -0.25) is 0 Å². The lowest BCUT2D eigenvalue weighted by atomic mass is 9.84. The third-order valence-electron chi connectivity index (χ3n) is 6.35. The van der Waals surface area contributed by atoms with Gasteiger partial charge in [-0.1, -0.05) is 6.07 Å². The highest BCUT2D eigenvalue weighted by Crippen LogP contribution is 2.33. The number of nitrogens with zero attached hydrogens (tertiary/aromatic N) is 1. The summed E-state index contributed by atoms with van der Waals surface area (Å²) in [4.78, 5) is 12.6. The number of aliphatic hydroxyl groups is 5. The maximum absolute atomic E-state index is 12.6. The van der Waals surface area contributed by atoms with E-state index in [4.69, 9.17) is 23.7 Å². The first-order valence-electron chi connectivity index (χ1n) is 11.7. The van der Waals surface area contributed by atoms with Crippen molar-refractivity contribution in [2.45, 2.75) is 61.5 Å². The van der Waals surface area contributed by atoms with Crippen LogP contribution in [0.5, 0.6) is 11.5 Å². The second kappa shape index (κ2) is 13.1. The number of carbonyl (C=O) groups is 1. The molecule has 1 aliphatic carbocycles. The summed E-state index contributed by atoms with van der Waals surface area (Å²) in [5.74, 6) is -0.873. The van der Waals surface area contributed by atoms with Gasteiger partial charge in [-0.2, -0.15) is 5.26 Å². The molecule has 1 heterocycles. The Hall–Kier alpha value is -3.06. The van der Waals surface area contributed by atoms with Crippen molar-refractivity contribution in [3.8, 4) is 17.6 Å². The fourth-order valence-electron chi connectivity index (χ4n) is 4.34. The van der Waals surface area contributed by atoms with Crippen LogP contribution in [-0.2, 0) is 23.7 Å². The number of phenolic OH excluding ortho intramolecular Hbond substituents is 1. The Morgan fingerprint density at radius 1 is 1.18 bits per heavy atom. The van der Waals surface area contributed by atoms with Gasteiger partial charge in [-0.05, 0) is 23.8 Å². The molecular weight excluding hydrogens is 506 g/mol. The zero-order valence-corrected chi connectivity index (χ0v) is 20.7. The molecule has 1 aromatic carbocycles. The van der Waals surface area contributed by atoms with E-state index < -0.39 is 67.7 Å². The van der Waals surface area contributed by atoms with Crippen LogP contribution in [0.2, 0.25) is 0 Å². The number of phenols is 1. The van der Waals surface area contributed by atoms with Crippen molar-refractivity contribution < 1.29 is 59.1 Å². The first kappa shape index (κ1) is 29.5. The number of esters is 1. The highest BCUT2D eigenvalue weighted by Gasteiger charge is 2.50. The van der Waals surface area contributed by atoms with Crippen molar-refractivity contribution in [3.63, 3.8) is 0 Å². The zero-order chi connectivity index (χ0) is 28.0. The smallest absolute Gasteiger partial charge is 0.331 e. The van der Waals surface area contributed by atoms with Crippen LogP contribution >= 0.6 is 0 Å². The number of hydrogen-bond donors (Lipinski definition) is 6. The fourth-order valence-corrected chi connectivity index (χ4v) is 4.34. The third kappa shape index (κ3) is 6.49. The lowest BCUT2D eigenvalue weighted by Gasteiger charge is -2.44. The topological polar surface area (TPSA) is 208 Å². The quantitative estimate of drug-likeness (QED) is 0.130. The molecule has 0 radical (unpaired) electrons. The Bertz CT molecular complexity index is 1070. The molecule has 6 N–H and O–H groups in total. The van der Waals surface area contributed by atoms with E-state index in [0.717, 1.165) is 12.2 Å². The number of allylic oxidation sites excluding steroid dienone is 1. The monoisotopic (exact) mass is 537 g/mol. The SMILES string of the molecule is COc1cc(C=CC(=O)O[C@H]2[C@H](O[C@@H]3C[C@H](O)[C@H](OC)[C@@H](O)C3=CC#N)O[C@H](CO)[C@@H](O)[C@@H]2O)ccc1O.